The third-order valence-electron chi connectivity index (χ3n) is 11.6. The molecule has 0 N–H and O–H groups in total. The summed E-state index contributed by atoms with van der Waals surface area (Å²) >= 11 is 0. The van der Waals surface area contributed by atoms with Crippen LogP contribution in [-0.4, -0.2) is 19.1 Å². The molecule has 3 aromatic heterocycles. The third kappa shape index (κ3) is 4.41. The van der Waals surface area contributed by atoms with Crippen molar-refractivity contribution in [3.63, 3.8) is 0 Å². The maximum Gasteiger partial charge on any atom is 0.157 e. The van der Waals surface area contributed by atoms with Crippen molar-refractivity contribution < 1.29 is 0 Å². The minimum absolute atomic E-state index is 0.778. The van der Waals surface area contributed by atoms with Crippen molar-refractivity contribution in [1.29, 1.82) is 0 Å². The Morgan fingerprint density at radius 1 is 0.321 bits per heavy atom. The number of nitrogens with zero attached hydrogens (tertiary/aromatic N) is 4. The molecule has 3 heterocycles. The summed E-state index contributed by atoms with van der Waals surface area (Å²) in [5, 5.41) is 4.75. The first kappa shape index (κ1) is 30.9. The lowest BCUT2D eigenvalue weighted by Gasteiger charge is -2.22. The van der Waals surface area contributed by atoms with E-state index in [9.17, 15) is 0 Å². The van der Waals surface area contributed by atoms with Gasteiger partial charge in [-0.2, -0.15) is 0 Å². The van der Waals surface area contributed by atoms with Gasteiger partial charge in [0.05, 0.1) is 39.7 Å². The van der Waals surface area contributed by atoms with Crippen molar-refractivity contribution in [2.75, 3.05) is 0 Å². The van der Waals surface area contributed by atoms with E-state index >= 15 is 0 Å². The van der Waals surface area contributed by atoms with E-state index < -0.39 is 0 Å². The number of hydrogen-bond acceptors (Lipinski definition) is 2. The van der Waals surface area contributed by atoms with Crippen LogP contribution in [0.1, 0.15) is 0 Å². The number of fused-ring (bicyclic) bond motifs is 15. The Bertz CT molecular complexity index is 3350. The van der Waals surface area contributed by atoms with Gasteiger partial charge < -0.3 is 4.57 Å². The van der Waals surface area contributed by atoms with Gasteiger partial charge in [0.1, 0.15) is 0 Å². The second kappa shape index (κ2) is 12.0. The molecule has 0 radical (unpaired) electrons. The molecule has 0 saturated carbocycles. The Hall–Kier alpha value is -7.56. The fourth-order valence-corrected chi connectivity index (χ4v) is 9.11. The van der Waals surface area contributed by atoms with Crippen LogP contribution in [0.4, 0.5) is 0 Å². The van der Waals surface area contributed by atoms with Crippen LogP contribution < -0.4 is 0 Å². The third-order valence-corrected chi connectivity index (χ3v) is 11.6. The summed E-state index contributed by atoms with van der Waals surface area (Å²) in [4.78, 5) is 11.0. The highest BCUT2D eigenvalue weighted by atomic mass is 15.1. The molecule has 0 unspecified atom stereocenters. The van der Waals surface area contributed by atoms with E-state index in [1.54, 1.807) is 0 Å². The highest BCUT2D eigenvalue weighted by Gasteiger charge is 2.26. The predicted molar refractivity (Wildman–Crippen MR) is 231 cm³/mol. The lowest BCUT2D eigenvalue weighted by molar-refractivity contribution is 1.05. The van der Waals surface area contributed by atoms with Crippen molar-refractivity contribution in [2.24, 2.45) is 0 Å². The van der Waals surface area contributed by atoms with Gasteiger partial charge in [-0.15, -0.1) is 0 Å². The van der Waals surface area contributed by atoms with E-state index in [1.165, 1.54) is 43.8 Å². The van der Waals surface area contributed by atoms with Crippen LogP contribution in [0.3, 0.4) is 0 Å². The molecule has 260 valence electrons. The van der Waals surface area contributed by atoms with Crippen molar-refractivity contribution in [3.05, 3.63) is 194 Å². The SMILES string of the molecule is c1ccc(-c2ccc(-n3c4ccccc4c4ccc5c6ccccc6n(-c6cnc7c(n6)-c6ccccc6-c6ccccc6-c6ccccc6-7)c5c43)cc2)cc1. The Labute approximate surface area is 323 Å². The molecule has 56 heavy (non-hydrogen) atoms. The zero-order chi connectivity index (χ0) is 36.7. The molecule has 0 atom stereocenters. The summed E-state index contributed by atoms with van der Waals surface area (Å²) in [6.07, 6.45) is 1.97. The zero-order valence-corrected chi connectivity index (χ0v) is 30.3. The second-order valence-corrected chi connectivity index (χ2v) is 14.5. The van der Waals surface area contributed by atoms with Crippen molar-refractivity contribution in [3.8, 4) is 67.4 Å². The number of rotatable bonds is 3. The molecular formula is C52H32N4. The fraction of sp³-hybridized carbons (Fsp3) is 0. The molecule has 1 aliphatic carbocycles. The summed E-state index contributed by atoms with van der Waals surface area (Å²) in [7, 11) is 0. The molecule has 4 nitrogen and oxygen atoms in total. The molecule has 11 aromatic rings. The van der Waals surface area contributed by atoms with Crippen LogP contribution in [0.2, 0.25) is 0 Å². The van der Waals surface area contributed by atoms with Gasteiger partial charge >= 0.3 is 0 Å². The molecule has 0 saturated heterocycles. The summed E-state index contributed by atoms with van der Waals surface area (Å²) in [6.45, 7) is 0. The number of aromatic nitrogens is 4. The Kier molecular flexibility index (Phi) is 6.60. The van der Waals surface area contributed by atoms with E-state index in [2.05, 4.69) is 197 Å². The van der Waals surface area contributed by atoms with Crippen LogP contribution in [0, 0.1) is 0 Å². The maximum absolute atomic E-state index is 5.67. The Morgan fingerprint density at radius 2 is 0.768 bits per heavy atom. The van der Waals surface area contributed by atoms with Crippen LogP contribution in [0.15, 0.2) is 194 Å². The molecule has 8 aromatic carbocycles. The lowest BCUT2D eigenvalue weighted by Crippen LogP contribution is -2.06. The lowest BCUT2D eigenvalue weighted by atomic mass is 9.84. The number of benzene rings is 8. The molecule has 0 spiro atoms. The highest BCUT2D eigenvalue weighted by molar-refractivity contribution is 6.23. The first-order valence-corrected chi connectivity index (χ1v) is 19.1. The van der Waals surface area contributed by atoms with Crippen LogP contribution in [-0.2, 0) is 0 Å². The van der Waals surface area contributed by atoms with Crippen molar-refractivity contribution >= 4 is 43.6 Å². The van der Waals surface area contributed by atoms with Crippen molar-refractivity contribution in [2.45, 2.75) is 0 Å². The van der Waals surface area contributed by atoms with Crippen LogP contribution >= 0.6 is 0 Å². The monoisotopic (exact) mass is 712 g/mol. The fourth-order valence-electron chi connectivity index (χ4n) is 9.11. The maximum atomic E-state index is 5.67. The molecule has 0 aliphatic heterocycles. The van der Waals surface area contributed by atoms with Gasteiger partial charge in [0.25, 0.3) is 0 Å². The average molecular weight is 713 g/mol. The average Bonchev–Trinajstić information content (AvgIpc) is 3.79. The first-order valence-electron chi connectivity index (χ1n) is 19.1. The molecule has 4 heteroatoms. The smallest absolute Gasteiger partial charge is 0.157 e. The quantitative estimate of drug-likeness (QED) is 0.183. The molecule has 0 fully saturated rings. The molecule has 0 amide bonds. The summed E-state index contributed by atoms with van der Waals surface area (Å²) < 4.78 is 4.77. The van der Waals surface area contributed by atoms with Gasteiger partial charge in [-0.3, -0.25) is 9.55 Å². The van der Waals surface area contributed by atoms with E-state index in [4.69, 9.17) is 9.97 Å². The van der Waals surface area contributed by atoms with Gasteiger partial charge in [0.15, 0.2) is 5.82 Å². The standard InChI is InChI=1S/C52H32N4/c1-2-14-33(15-3-1)34-26-28-35(29-27-34)55-46-24-12-10-20-40(46)44-30-31-45-41-21-11-13-25-47(41)56(52(45)51(44)55)48-32-53-49-42-22-8-6-18-38(42)36-16-4-5-17-37(36)39-19-7-9-23-43(39)50(49)54-48/h1-32H. The molecule has 0 bridgehead atoms. The zero-order valence-electron chi connectivity index (χ0n) is 30.3. The van der Waals surface area contributed by atoms with Gasteiger partial charge in [-0.05, 0) is 57.6 Å². The van der Waals surface area contributed by atoms with E-state index in [1.807, 2.05) is 6.20 Å². The minimum Gasteiger partial charge on any atom is -0.307 e. The summed E-state index contributed by atoms with van der Waals surface area (Å²) in [6, 6.07) is 67.5. The highest BCUT2D eigenvalue weighted by Crippen LogP contribution is 2.47. The van der Waals surface area contributed by atoms with Gasteiger partial charge in [0.2, 0.25) is 0 Å². The van der Waals surface area contributed by atoms with Crippen LogP contribution in [0.25, 0.3) is 111 Å². The number of hydrogen-bond donors (Lipinski definition) is 0. The van der Waals surface area contributed by atoms with E-state index in [0.29, 0.717) is 0 Å². The normalized spacial score (nSPS) is 11.9. The van der Waals surface area contributed by atoms with Gasteiger partial charge in [-0.1, -0.05) is 164 Å². The Morgan fingerprint density at radius 3 is 1.38 bits per heavy atom. The largest absolute Gasteiger partial charge is 0.307 e. The summed E-state index contributed by atoms with van der Waals surface area (Å²) in [5.74, 6) is 0.778. The molecular weight excluding hydrogens is 681 g/mol. The van der Waals surface area contributed by atoms with E-state index in [0.717, 1.165) is 67.2 Å². The van der Waals surface area contributed by atoms with E-state index in [-0.39, 0.29) is 0 Å². The first-order chi connectivity index (χ1) is 27.8. The van der Waals surface area contributed by atoms with Crippen LogP contribution in [0.5, 0.6) is 0 Å². The molecule has 12 rings (SSSR count). The van der Waals surface area contributed by atoms with Crippen molar-refractivity contribution in [1.82, 2.24) is 19.1 Å². The Balaban J connectivity index is 1.18. The van der Waals surface area contributed by atoms with Gasteiger partial charge in [-0.25, -0.2) is 4.98 Å². The predicted octanol–water partition coefficient (Wildman–Crippen LogP) is 13.3. The summed E-state index contributed by atoms with van der Waals surface area (Å²) in [5.41, 5.74) is 16.6. The topological polar surface area (TPSA) is 35.6 Å². The van der Waals surface area contributed by atoms with Gasteiger partial charge in [0, 0.05) is 38.4 Å². The number of para-hydroxylation sites is 2. The second-order valence-electron chi connectivity index (χ2n) is 14.5. The minimum atomic E-state index is 0.778. The molecule has 1 aliphatic rings.